The number of carbonyl (C=O) groups excluding carboxylic acids is 1. The molecule has 0 aliphatic carbocycles. The minimum Gasteiger partial charge on any atom is -0.493 e. The maximum absolute atomic E-state index is 12.2. The molecule has 0 unspecified atom stereocenters. The van der Waals surface area contributed by atoms with Crippen LogP contribution in [0.25, 0.3) is 0 Å². The first-order valence-electron chi connectivity index (χ1n) is 9.27. The number of hydrogen-bond acceptors (Lipinski definition) is 4. The van der Waals surface area contributed by atoms with Crippen LogP contribution in [0.4, 0.5) is 0 Å². The van der Waals surface area contributed by atoms with Crippen molar-refractivity contribution in [1.82, 2.24) is 9.80 Å². The molecule has 1 amide bonds. The highest BCUT2D eigenvalue weighted by atomic mass is 32.1. The summed E-state index contributed by atoms with van der Waals surface area (Å²) in [6, 6.07) is 5.70. The van der Waals surface area contributed by atoms with E-state index < -0.39 is 0 Å². The molecule has 0 spiro atoms. The number of carbonyl (C=O) groups is 1. The lowest BCUT2D eigenvalue weighted by Crippen LogP contribution is -3.12. The summed E-state index contributed by atoms with van der Waals surface area (Å²) in [7, 11) is 3.81. The fraction of sp³-hybridized carbons (Fsp3) is 0.579. The minimum absolute atomic E-state index is 0.0316. The Balaban J connectivity index is 1.63. The van der Waals surface area contributed by atoms with Gasteiger partial charge >= 0.3 is 0 Å². The highest BCUT2D eigenvalue weighted by Crippen LogP contribution is 2.29. The van der Waals surface area contributed by atoms with Crippen LogP contribution in [0, 0.1) is 0 Å². The van der Waals surface area contributed by atoms with E-state index in [1.54, 1.807) is 7.11 Å². The number of likely N-dealkylation sites (tertiary alicyclic amines) is 1. The van der Waals surface area contributed by atoms with Crippen LogP contribution in [-0.4, -0.2) is 80.7 Å². The van der Waals surface area contributed by atoms with Crippen molar-refractivity contribution in [3.05, 3.63) is 23.8 Å². The molecule has 0 aromatic heterocycles. The second-order valence-electron chi connectivity index (χ2n) is 6.99. The van der Waals surface area contributed by atoms with Crippen molar-refractivity contribution in [2.75, 3.05) is 60.0 Å². The fourth-order valence-corrected chi connectivity index (χ4v) is 3.70. The number of thiocarbonyl (C=S) groups is 1. The van der Waals surface area contributed by atoms with Gasteiger partial charge in [0.2, 0.25) is 0 Å². The Bertz CT molecular complexity index is 653. The summed E-state index contributed by atoms with van der Waals surface area (Å²) in [5.41, 5.74) is 0.953. The van der Waals surface area contributed by atoms with Crippen molar-refractivity contribution in [3.8, 4) is 11.5 Å². The Kier molecular flexibility index (Phi) is 6.32. The van der Waals surface area contributed by atoms with E-state index in [1.165, 1.54) is 4.90 Å². The number of hydrogen-bond donors (Lipinski definition) is 1. The molecule has 2 heterocycles. The van der Waals surface area contributed by atoms with E-state index in [0.29, 0.717) is 11.5 Å². The molecular weight excluding hydrogens is 350 g/mol. The number of amides is 1. The van der Waals surface area contributed by atoms with Gasteiger partial charge < -0.3 is 24.2 Å². The molecule has 2 aliphatic heterocycles. The summed E-state index contributed by atoms with van der Waals surface area (Å²) in [5.74, 6) is 1.22. The zero-order valence-corrected chi connectivity index (χ0v) is 16.4. The third-order valence-electron chi connectivity index (χ3n) is 5.12. The van der Waals surface area contributed by atoms with Gasteiger partial charge in [-0.3, -0.25) is 4.79 Å². The van der Waals surface area contributed by atoms with Crippen LogP contribution in [0.3, 0.4) is 0 Å². The number of likely N-dealkylation sites (N-methyl/N-ethyl adjacent to an activating group) is 1. The number of ether oxygens (including phenoxy) is 2. The van der Waals surface area contributed by atoms with Gasteiger partial charge in [-0.05, 0) is 31.0 Å². The molecule has 6 nitrogen and oxygen atoms in total. The normalized spacial score (nSPS) is 18.1. The minimum atomic E-state index is 0.0316. The first-order valence-corrected chi connectivity index (χ1v) is 9.68. The summed E-state index contributed by atoms with van der Waals surface area (Å²) in [6.07, 6.45) is 2.16. The Hall–Kier alpha value is -1.86. The molecule has 142 valence electrons. The molecule has 0 bridgehead atoms. The predicted octanol–water partition coefficient (Wildman–Crippen LogP) is 0.202. The van der Waals surface area contributed by atoms with Gasteiger partial charge in [-0.1, -0.05) is 12.2 Å². The van der Waals surface area contributed by atoms with E-state index >= 15 is 0 Å². The van der Waals surface area contributed by atoms with Gasteiger partial charge in [0.15, 0.2) is 18.1 Å². The van der Waals surface area contributed by atoms with E-state index in [9.17, 15) is 4.79 Å². The van der Waals surface area contributed by atoms with Gasteiger partial charge in [-0.25, -0.2) is 0 Å². The molecule has 3 rings (SSSR count). The monoisotopic (exact) mass is 378 g/mol. The van der Waals surface area contributed by atoms with E-state index in [0.717, 1.165) is 62.7 Å². The molecule has 26 heavy (non-hydrogen) atoms. The molecule has 2 saturated heterocycles. The van der Waals surface area contributed by atoms with E-state index in [1.807, 2.05) is 23.1 Å². The van der Waals surface area contributed by atoms with Gasteiger partial charge in [0.1, 0.15) is 4.99 Å². The summed E-state index contributed by atoms with van der Waals surface area (Å²) in [6.45, 7) is 5.83. The van der Waals surface area contributed by atoms with Crippen molar-refractivity contribution >= 4 is 23.1 Å². The number of methoxy groups -OCH3 is 1. The van der Waals surface area contributed by atoms with E-state index in [4.69, 9.17) is 21.7 Å². The van der Waals surface area contributed by atoms with Gasteiger partial charge in [-0.15, -0.1) is 0 Å². The molecule has 1 aromatic carbocycles. The van der Waals surface area contributed by atoms with Gasteiger partial charge in [-0.2, -0.15) is 0 Å². The van der Waals surface area contributed by atoms with Crippen LogP contribution in [0.2, 0.25) is 0 Å². The molecule has 0 radical (unpaired) electrons. The molecule has 1 aromatic rings. The molecule has 0 atom stereocenters. The number of nitrogens with one attached hydrogen (secondary N) is 1. The lowest BCUT2D eigenvalue weighted by Gasteiger charge is -2.32. The Labute approximate surface area is 160 Å². The average Bonchev–Trinajstić information content (AvgIpc) is 3.21. The van der Waals surface area contributed by atoms with Gasteiger partial charge in [0, 0.05) is 18.7 Å². The number of rotatable bonds is 5. The smallest absolute Gasteiger partial charge is 0.260 e. The first-order chi connectivity index (χ1) is 12.6. The van der Waals surface area contributed by atoms with Crippen LogP contribution in [-0.2, 0) is 4.79 Å². The Morgan fingerprint density at radius 1 is 1.12 bits per heavy atom. The second-order valence-corrected chi connectivity index (χ2v) is 7.38. The number of quaternary nitrogens is 1. The largest absolute Gasteiger partial charge is 0.493 e. The lowest BCUT2D eigenvalue weighted by molar-refractivity contribution is -0.883. The standard InChI is InChI=1S/C19H27N3O3S/c1-20-9-11-22(12-10-20)19(26)15-5-6-16(17(13-15)24-2)25-14-18(23)21-7-3-4-8-21/h5-6,13H,3-4,7-12,14H2,1-2H3/p+1. The highest BCUT2D eigenvalue weighted by Gasteiger charge is 2.22. The van der Waals surface area contributed by atoms with Crippen molar-refractivity contribution in [3.63, 3.8) is 0 Å². The number of piperazine rings is 1. The third kappa shape index (κ3) is 4.45. The zero-order valence-electron chi connectivity index (χ0n) is 15.6. The Morgan fingerprint density at radius 3 is 2.46 bits per heavy atom. The van der Waals surface area contributed by atoms with Crippen molar-refractivity contribution in [2.45, 2.75) is 12.8 Å². The summed E-state index contributed by atoms with van der Waals surface area (Å²) < 4.78 is 11.2. The first kappa shape index (κ1) is 18.9. The quantitative estimate of drug-likeness (QED) is 0.742. The van der Waals surface area contributed by atoms with E-state index in [2.05, 4.69) is 11.9 Å². The van der Waals surface area contributed by atoms with Crippen molar-refractivity contribution < 1.29 is 19.2 Å². The molecule has 1 N–H and O–H groups in total. The molecule has 2 aliphatic rings. The number of nitrogens with zero attached hydrogens (tertiary/aromatic N) is 2. The lowest BCUT2D eigenvalue weighted by atomic mass is 10.1. The number of benzene rings is 1. The maximum Gasteiger partial charge on any atom is 0.260 e. The van der Waals surface area contributed by atoms with Crippen LogP contribution >= 0.6 is 12.2 Å². The van der Waals surface area contributed by atoms with E-state index in [-0.39, 0.29) is 12.5 Å². The van der Waals surface area contributed by atoms with Gasteiger partial charge in [0.25, 0.3) is 5.91 Å². The van der Waals surface area contributed by atoms with Crippen molar-refractivity contribution in [2.24, 2.45) is 0 Å². The topological polar surface area (TPSA) is 46.5 Å². The average molecular weight is 379 g/mol. The second kappa shape index (κ2) is 8.68. The fourth-order valence-electron chi connectivity index (χ4n) is 3.39. The molecular formula is C19H28N3O3S+. The molecule has 2 fully saturated rings. The van der Waals surface area contributed by atoms with Gasteiger partial charge in [0.05, 0.1) is 40.3 Å². The molecule has 0 saturated carbocycles. The van der Waals surface area contributed by atoms with Crippen LogP contribution in [0.5, 0.6) is 11.5 Å². The summed E-state index contributed by atoms with van der Waals surface area (Å²) in [5, 5.41) is 0. The summed E-state index contributed by atoms with van der Waals surface area (Å²) in [4.78, 5) is 18.6. The Morgan fingerprint density at radius 2 is 1.81 bits per heavy atom. The van der Waals surface area contributed by atoms with Crippen LogP contribution < -0.4 is 14.4 Å². The highest BCUT2D eigenvalue weighted by molar-refractivity contribution is 7.80. The van der Waals surface area contributed by atoms with Crippen LogP contribution in [0.15, 0.2) is 18.2 Å². The van der Waals surface area contributed by atoms with Crippen molar-refractivity contribution in [1.29, 1.82) is 0 Å². The third-order valence-corrected chi connectivity index (χ3v) is 5.62. The SMILES string of the molecule is COc1cc(C(=S)N2CC[NH+](C)CC2)ccc1OCC(=O)N1CCCC1. The van der Waals surface area contributed by atoms with Crippen LogP contribution in [0.1, 0.15) is 18.4 Å². The zero-order chi connectivity index (χ0) is 18.5. The predicted molar refractivity (Wildman–Crippen MR) is 104 cm³/mol. The maximum atomic E-state index is 12.2. The summed E-state index contributed by atoms with van der Waals surface area (Å²) >= 11 is 5.67. The molecule has 7 heteroatoms.